The summed E-state index contributed by atoms with van der Waals surface area (Å²) in [6.07, 6.45) is 3.49. The minimum Gasteiger partial charge on any atom is -0.495 e. The first-order valence-electron chi connectivity index (χ1n) is 6.32. The van der Waals surface area contributed by atoms with E-state index in [2.05, 4.69) is 10.3 Å². The normalized spacial score (nSPS) is 12.2. The van der Waals surface area contributed by atoms with Crippen molar-refractivity contribution in [3.05, 3.63) is 57.8 Å². The van der Waals surface area contributed by atoms with Gasteiger partial charge >= 0.3 is 0 Å². The van der Waals surface area contributed by atoms with E-state index in [1.807, 2.05) is 31.3 Å². The number of halogens is 2. The van der Waals surface area contributed by atoms with Gasteiger partial charge in [-0.1, -0.05) is 30.1 Å². The molecule has 3 nitrogen and oxygen atoms in total. The Bertz CT molecular complexity index is 570. The lowest BCUT2D eigenvalue weighted by Gasteiger charge is -2.19. The zero-order chi connectivity index (χ0) is 14.5. The molecule has 1 unspecified atom stereocenters. The zero-order valence-corrected chi connectivity index (χ0v) is 12.9. The molecule has 0 amide bonds. The highest BCUT2D eigenvalue weighted by Gasteiger charge is 2.15. The number of ether oxygens (including phenoxy) is 1. The predicted octanol–water partition coefficient (Wildman–Crippen LogP) is 4.10. The summed E-state index contributed by atoms with van der Waals surface area (Å²) >= 11 is 12.2. The van der Waals surface area contributed by atoms with Crippen molar-refractivity contribution >= 4 is 23.2 Å². The number of pyridine rings is 1. The molecule has 0 spiro atoms. The molecule has 1 N–H and O–H groups in total. The molecule has 20 heavy (non-hydrogen) atoms. The van der Waals surface area contributed by atoms with Gasteiger partial charge in [-0.05, 0) is 41.9 Å². The van der Waals surface area contributed by atoms with Crippen molar-refractivity contribution < 1.29 is 4.74 Å². The summed E-state index contributed by atoms with van der Waals surface area (Å²) in [4.78, 5) is 4.20. The fraction of sp³-hybridized carbons (Fsp3) is 0.267. The monoisotopic (exact) mass is 310 g/mol. The largest absolute Gasteiger partial charge is 0.495 e. The maximum atomic E-state index is 6.09. The Balaban J connectivity index is 2.43. The van der Waals surface area contributed by atoms with Crippen LogP contribution in [0, 0.1) is 0 Å². The van der Waals surface area contributed by atoms with E-state index in [1.165, 1.54) is 0 Å². The number of methoxy groups -OCH3 is 1. The van der Waals surface area contributed by atoms with Gasteiger partial charge in [-0.15, -0.1) is 0 Å². The number of hydrogen-bond acceptors (Lipinski definition) is 3. The summed E-state index contributed by atoms with van der Waals surface area (Å²) < 4.78 is 5.22. The number of nitrogens with one attached hydrogen (secondary N) is 1. The first kappa shape index (κ1) is 15.1. The topological polar surface area (TPSA) is 34.2 Å². The highest BCUT2D eigenvalue weighted by Crippen LogP contribution is 2.28. The second kappa shape index (κ2) is 6.93. The van der Waals surface area contributed by atoms with Gasteiger partial charge in [-0.2, -0.15) is 0 Å². The van der Waals surface area contributed by atoms with E-state index < -0.39 is 0 Å². The Morgan fingerprint density at radius 2 is 1.80 bits per heavy atom. The Hall–Kier alpha value is -1.29. The highest BCUT2D eigenvalue weighted by molar-refractivity contribution is 6.34. The maximum absolute atomic E-state index is 6.09. The molecule has 1 aromatic heterocycles. The standard InChI is InChI=1S/C15H16Cl2N2O/c1-3-19-15(10-4-12(16)7-13(17)5-10)11-6-14(20-2)9-18-8-11/h4-9,15,19H,3H2,1-2H3. The van der Waals surface area contributed by atoms with Gasteiger partial charge in [0, 0.05) is 16.2 Å². The molecule has 0 aliphatic carbocycles. The second-order valence-electron chi connectivity index (χ2n) is 4.35. The first-order valence-corrected chi connectivity index (χ1v) is 7.08. The summed E-state index contributed by atoms with van der Waals surface area (Å²) in [6.45, 7) is 2.86. The molecule has 5 heteroatoms. The van der Waals surface area contributed by atoms with Crippen molar-refractivity contribution in [2.75, 3.05) is 13.7 Å². The van der Waals surface area contributed by atoms with Crippen LogP contribution in [0.5, 0.6) is 5.75 Å². The molecular weight excluding hydrogens is 295 g/mol. The van der Waals surface area contributed by atoms with E-state index in [1.54, 1.807) is 19.4 Å². The lowest BCUT2D eigenvalue weighted by Crippen LogP contribution is -2.22. The van der Waals surface area contributed by atoms with E-state index in [-0.39, 0.29) is 6.04 Å². The number of rotatable bonds is 5. The predicted molar refractivity (Wildman–Crippen MR) is 82.8 cm³/mol. The summed E-state index contributed by atoms with van der Waals surface area (Å²) in [5.74, 6) is 0.721. The van der Waals surface area contributed by atoms with Crippen LogP contribution in [0.15, 0.2) is 36.7 Å². The maximum Gasteiger partial charge on any atom is 0.137 e. The summed E-state index contributed by atoms with van der Waals surface area (Å²) in [5.41, 5.74) is 2.00. The molecule has 0 aliphatic heterocycles. The lowest BCUT2D eigenvalue weighted by molar-refractivity contribution is 0.411. The Kier molecular flexibility index (Phi) is 5.24. The van der Waals surface area contributed by atoms with Gasteiger partial charge in [0.25, 0.3) is 0 Å². The molecule has 0 saturated heterocycles. The minimum atomic E-state index is -0.0289. The highest BCUT2D eigenvalue weighted by atomic mass is 35.5. The quantitative estimate of drug-likeness (QED) is 0.903. The molecule has 106 valence electrons. The number of benzene rings is 1. The van der Waals surface area contributed by atoms with Crippen molar-refractivity contribution in [3.63, 3.8) is 0 Å². The molecule has 2 rings (SSSR count). The molecule has 0 fully saturated rings. The van der Waals surface area contributed by atoms with Gasteiger partial charge in [0.1, 0.15) is 5.75 Å². The van der Waals surface area contributed by atoms with Gasteiger partial charge in [0.15, 0.2) is 0 Å². The molecule has 1 aromatic carbocycles. The third-order valence-corrected chi connectivity index (χ3v) is 3.37. The van der Waals surface area contributed by atoms with Crippen LogP contribution < -0.4 is 10.1 Å². The molecule has 0 saturated carbocycles. The van der Waals surface area contributed by atoms with Crippen molar-refractivity contribution in [1.82, 2.24) is 10.3 Å². The summed E-state index contributed by atoms with van der Waals surface area (Å²) in [7, 11) is 1.62. The molecule has 1 heterocycles. The number of nitrogens with zero attached hydrogens (tertiary/aromatic N) is 1. The summed E-state index contributed by atoms with van der Waals surface area (Å²) in [5, 5.41) is 4.64. The third-order valence-electron chi connectivity index (χ3n) is 2.93. The summed E-state index contributed by atoms with van der Waals surface area (Å²) in [6, 6.07) is 7.45. The number of aromatic nitrogens is 1. The first-order chi connectivity index (χ1) is 9.63. The molecule has 2 aromatic rings. The average Bonchev–Trinajstić information content (AvgIpc) is 2.43. The molecule has 0 aliphatic rings. The van der Waals surface area contributed by atoms with Crippen LogP contribution in [-0.4, -0.2) is 18.6 Å². The van der Waals surface area contributed by atoms with Crippen LogP contribution >= 0.6 is 23.2 Å². The van der Waals surface area contributed by atoms with Crippen LogP contribution in [0.3, 0.4) is 0 Å². The Morgan fingerprint density at radius 1 is 1.10 bits per heavy atom. The van der Waals surface area contributed by atoms with Crippen LogP contribution in [0.4, 0.5) is 0 Å². The van der Waals surface area contributed by atoms with Crippen molar-refractivity contribution in [2.45, 2.75) is 13.0 Å². The van der Waals surface area contributed by atoms with Crippen LogP contribution in [0.2, 0.25) is 10.0 Å². The molecule has 1 atom stereocenters. The van der Waals surface area contributed by atoms with Gasteiger partial charge in [-0.3, -0.25) is 4.98 Å². The Morgan fingerprint density at radius 3 is 2.40 bits per heavy atom. The minimum absolute atomic E-state index is 0.0289. The zero-order valence-electron chi connectivity index (χ0n) is 11.4. The van der Waals surface area contributed by atoms with E-state index in [0.29, 0.717) is 10.0 Å². The fourth-order valence-corrected chi connectivity index (χ4v) is 2.62. The second-order valence-corrected chi connectivity index (χ2v) is 5.22. The third kappa shape index (κ3) is 3.63. The molecule has 0 bridgehead atoms. The van der Waals surface area contributed by atoms with Crippen LogP contribution in [0.1, 0.15) is 24.1 Å². The van der Waals surface area contributed by atoms with Crippen LogP contribution in [-0.2, 0) is 0 Å². The van der Waals surface area contributed by atoms with E-state index in [9.17, 15) is 0 Å². The van der Waals surface area contributed by atoms with Crippen molar-refractivity contribution in [1.29, 1.82) is 0 Å². The fourth-order valence-electron chi connectivity index (χ4n) is 2.08. The molecule has 0 radical (unpaired) electrons. The van der Waals surface area contributed by atoms with Crippen molar-refractivity contribution in [2.24, 2.45) is 0 Å². The van der Waals surface area contributed by atoms with Gasteiger partial charge in [-0.25, -0.2) is 0 Å². The lowest BCUT2D eigenvalue weighted by atomic mass is 10.00. The van der Waals surface area contributed by atoms with Gasteiger partial charge < -0.3 is 10.1 Å². The van der Waals surface area contributed by atoms with Gasteiger partial charge in [0.05, 0.1) is 19.3 Å². The van der Waals surface area contributed by atoms with E-state index in [4.69, 9.17) is 27.9 Å². The average molecular weight is 311 g/mol. The molecular formula is C15H16Cl2N2O. The van der Waals surface area contributed by atoms with Crippen LogP contribution in [0.25, 0.3) is 0 Å². The van der Waals surface area contributed by atoms with E-state index in [0.717, 1.165) is 23.4 Å². The smallest absolute Gasteiger partial charge is 0.137 e. The van der Waals surface area contributed by atoms with Gasteiger partial charge in [0.2, 0.25) is 0 Å². The SMILES string of the molecule is CCNC(c1cc(Cl)cc(Cl)c1)c1cncc(OC)c1. The van der Waals surface area contributed by atoms with E-state index >= 15 is 0 Å². The number of hydrogen-bond donors (Lipinski definition) is 1. The Labute approximate surface area is 128 Å². The van der Waals surface area contributed by atoms with Crippen molar-refractivity contribution in [3.8, 4) is 5.75 Å².